The normalized spacial score (nSPS) is 12.6. The number of rotatable bonds is 7. The van der Waals surface area contributed by atoms with E-state index in [0.29, 0.717) is 23.6 Å². The van der Waals surface area contributed by atoms with Gasteiger partial charge in [0.15, 0.2) is 0 Å². The van der Waals surface area contributed by atoms with E-state index in [2.05, 4.69) is 10.4 Å². The summed E-state index contributed by atoms with van der Waals surface area (Å²) in [5.41, 5.74) is 1.92. The maximum Gasteiger partial charge on any atom is 0.254 e. The fourth-order valence-corrected chi connectivity index (χ4v) is 2.81. The fourth-order valence-electron chi connectivity index (χ4n) is 2.81. The quantitative estimate of drug-likeness (QED) is 0.808. The van der Waals surface area contributed by atoms with E-state index in [1.165, 1.54) is 18.3 Å². The van der Waals surface area contributed by atoms with Crippen molar-refractivity contribution in [2.24, 2.45) is 5.92 Å². The van der Waals surface area contributed by atoms with E-state index in [9.17, 15) is 14.3 Å². The molecule has 0 aliphatic heterocycles. The number of aromatic nitrogens is 2. The first-order valence-electron chi connectivity index (χ1n) is 8.59. The summed E-state index contributed by atoms with van der Waals surface area (Å²) in [6, 6.07) is 5.98. The molecule has 136 valence electrons. The Hall–Kier alpha value is -2.21. The lowest BCUT2D eigenvalue weighted by Crippen LogP contribution is -2.33. The van der Waals surface area contributed by atoms with Gasteiger partial charge in [-0.2, -0.15) is 5.10 Å². The van der Waals surface area contributed by atoms with E-state index >= 15 is 0 Å². The maximum atomic E-state index is 13.1. The molecule has 0 aliphatic carbocycles. The lowest BCUT2D eigenvalue weighted by Gasteiger charge is -2.15. The van der Waals surface area contributed by atoms with E-state index in [1.807, 2.05) is 27.7 Å². The number of nitrogens with zero attached hydrogens (tertiary/aromatic N) is 2. The van der Waals surface area contributed by atoms with Crippen molar-refractivity contribution in [3.63, 3.8) is 0 Å². The van der Waals surface area contributed by atoms with Gasteiger partial charge < -0.3 is 10.4 Å². The molecule has 2 rings (SSSR count). The number of amides is 1. The largest absolute Gasteiger partial charge is 0.391 e. The molecule has 1 aromatic carbocycles. The van der Waals surface area contributed by atoms with Crippen LogP contribution in [0.25, 0.3) is 5.69 Å². The molecule has 0 aliphatic rings. The minimum atomic E-state index is -0.571. The van der Waals surface area contributed by atoms with Crippen molar-refractivity contribution in [1.82, 2.24) is 15.1 Å². The van der Waals surface area contributed by atoms with E-state index in [4.69, 9.17) is 0 Å². The Labute approximate surface area is 147 Å². The summed E-state index contributed by atoms with van der Waals surface area (Å²) in [5, 5.41) is 17.0. The van der Waals surface area contributed by atoms with Gasteiger partial charge in [-0.15, -0.1) is 0 Å². The molecule has 2 N–H and O–H groups in total. The van der Waals surface area contributed by atoms with Crippen LogP contribution in [0.1, 0.15) is 56.1 Å². The third-order valence-corrected chi connectivity index (χ3v) is 3.91. The van der Waals surface area contributed by atoms with E-state index in [1.54, 1.807) is 16.8 Å². The molecule has 0 saturated carbocycles. The van der Waals surface area contributed by atoms with Gasteiger partial charge in [0.2, 0.25) is 0 Å². The molecule has 1 aromatic heterocycles. The Morgan fingerprint density at radius 1 is 1.24 bits per heavy atom. The van der Waals surface area contributed by atoms with Gasteiger partial charge in [-0.05, 0) is 42.5 Å². The maximum absolute atomic E-state index is 13.1. The summed E-state index contributed by atoms with van der Waals surface area (Å²) < 4.78 is 14.8. The third-order valence-electron chi connectivity index (χ3n) is 3.91. The molecule has 25 heavy (non-hydrogen) atoms. The minimum absolute atomic E-state index is 0.0499. The summed E-state index contributed by atoms with van der Waals surface area (Å²) in [6.07, 6.45) is 1.58. The summed E-state index contributed by atoms with van der Waals surface area (Å²) in [4.78, 5) is 12.5. The summed E-state index contributed by atoms with van der Waals surface area (Å²) in [6.45, 7) is 8.20. The molecule has 2 aromatic rings. The van der Waals surface area contributed by atoms with Crippen LogP contribution in [0.5, 0.6) is 0 Å². The average Bonchev–Trinajstić information content (AvgIpc) is 2.98. The van der Waals surface area contributed by atoms with Gasteiger partial charge in [0.25, 0.3) is 5.91 Å². The molecule has 0 radical (unpaired) electrons. The summed E-state index contributed by atoms with van der Waals surface area (Å²) in [5.74, 6) is -0.174. The van der Waals surface area contributed by atoms with Gasteiger partial charge in [0.05, 0.1) is 29.2 Å². The lowest BCUT2D eigenvalue weighted by atomic mass is 10.0. The zero-order chi connectivity index (χ0) is 18.6. The number of nitrogens with one attached hydrogen (secondary N) is 1. The predicted octanol–water partition coefficient (Wildman–Crippen LogP) is 3.27. The number of hydrogen-bond donors (Lipinski definition) is 2. The lowest BCUT2D eigenvalue weighted by molar-refractivity contribution is 0.0899. The van der Waals surface area contributed by atoms with Crippen molar-refractivity contribution in [1.29, 1.82) is 0 Å². The first kappa shape index (κ1) is 19.1. The molecular weight excluding hydrogens is 321 g/mol. The number of hydrogen-bond acceptors (Lipinski definition) is 3. The number of carbonyl (C=O) groups excluding carboxylic acids is 1. The molecule has 6 heteroatoms. The molecule has 1 atom stereocenters. The Morgan fingerprint density at radius 2 is 1.88 bits per heavy atom. The summed E-state index contributed by atoms with van der Waals surface area (Å²) in [7, 11) is 0. The van der Waals surface area contributed by atoms with Crippen LogP contribution in [-0.2, 0) is 0 Å². The zero-order valence-corrected chi connectivity index (χ0v) is 15.2. The van der Waals surface area contributed by atoms with Gasteiger partial charge in [0, 0.05) is 6.54 Å². The molecule has 0 fully saturated rings. The van der Waals surface area contributed by atoms with Crippen molar-refractivity contribution in [3.05, 3.63) is 47.5 Å². The Balaban J connectivity index is 2.21. The monoisotopic (exact) mass is 347 g/mol. The molecule has 5 nitrogen and oxygen atoms in total. The van der Waals surface area contributed by atoms with E-state index in [-0.39, 0.29) is 24.2 Å². The second-order valence-electron chi connectivity index (χ2n) is 6.98. The number of benzene rings is 1. The molecular formula is C19H26FN3O2. The van der Waals surface area contributed by atoms with Crippen molar-refractivity contribution >= 4 is 5.91 Å². The second-order valence-corrected chi connectivity index (χ2v) is 6.98. The van der Waals surface area contributed by atoms with Crippen molar-refractivity contribution < 1.29 is 14.3 Å². The van der Waals surface area contributed by atoms with Gasteiger partial charge >= 0.3 is 0 Å². The first-order valence-corrected chi connectivity index (χ1v) is 8.59. The van der Waals surface area contributed by atoms with Crippen LogP contribution in [0.4, 0.5) is 4.39 Å². The summed E-state index contributed by atoms with van der Waals surface area (Å²) >= 11 is 0. The third kappa shape index (κ3) is 4.89. The van der Waals surface area contributed by atoms with Gasteiger partial charge in [-0.25, -0.2) is 9.07 Å². The van der Waals surface area contributed by atoms with Crippen LogP contribution in [0.3, 0.4) is 0 Å². The Kier molecular flexibility index (Phi) is 6.31. The zero-order valence-electron chi connectivity index (χ0n) is 15.2. The van der Waals surface area contributed by atoms with Crippen molar-refractivity contribution in [2.45, 2.75) is 46.1 Å². The Bertz CT molecular complexity index is 708. The van der Waals surface area contributed by atoms with Crippen LogP contribution in [0.15, 0.2) is 30.5 Å². The highest BCUT2D eigenvalue weighted by Gasteiger charge is 2.21. The standard InChI is InChI=1S/C19H26FN3O2/c1-12(2)9-16(24)10-21-19(25)17-11-22-23(18(17)13(3)4)15-7-5-14(20)6-8-15/h5-8,11-13,16,24H,9-10H2,1-4H3,(H,21,25). The molecule has 0 saturated heterocycles. The Morgan fingerprint density at radius 3 is 2.44 bits per heavy atom. The fraction of sp³-hybridized carbons (Fsp3) is 0.474. The van der Waals surface area contributed by atoms with Crippen LogP contribution in [-0.4, -0.2) is 33.4 Å². The first-order chi connectivity index (χ1) is 11.8. The van der Waals surface area contributed by atoms with Crippen LogP contribution in [0.2, 0.25) is 0 Å². The topological polar surface area (TPSA) is 67.2 Å². The molecule has 1 unspecified atom stereocenters. The molecule has 1 heterocycles. The highest BCUT2D eigenvalue weighted by Crippen LogP contribution is 2.23. The van der Waals surface area contributed by atoms with Gasteiger partial charge in [-0.1, -0.05) is 27.7 Å². The minimum Gasteiger partial charge on any atom is -0.391 e. The number of aliphatic hydroxyl groups is 1. The predicted molar refractivity (Wildman–Crippen MR) is 95.4 cm³/mol. The van der Waals surface area contributed by atoms with Crippen molar-refractivity contribution in [2.75, 3.05) is 6.54 Å². The van der Waals surface area contributed by atoms with Crippen molar-refractivity contribution in [3.8, 4) is 5.69 Å². The number of carbonyl (C=O) groups is 1. The number of halogens is 1. The SMILES string of the molecule is CC(C)CC(O)CNC(=O)c1cnn(-c2ccc(F)cc2)c1C(C)C. The van der Waals surface area contributed by atoms with Gasteiger partial charge in [0.1, 0.15) is 5.82 Å². The molecule has 1 amide bonds. The molecule has 0 bridgehead atoms. The number of aliphatic hydroxyl groups excluding tert-OH is 1. The molecule has 0 spiro atoms. The van der Waals surface area contributed by atoms with Gasteiger partial charge in [-0.3, -0.25) is 4.79 Å². The van der Waals surface area contributed by atoms with E-state index < -0.39 is 6.10 Å². The smallest absolute Gasteiger partial charge is 0.254 e. The second kappa shape index (κ2) is 8.25. The average molecular weight is 347 g/mol. The highest BCUT2D eigenvalue weighted by atomic mass is 19.1. The van der Waals surface area contributed by atoms with Crippen LogP contribution >= 0.6 is 0 Å². The van der Waals surface area contributed by atoms with Crippen LogP contribution in [0, 0.1) is 11.7 Å². The van der Waals surface area contributed by atoms with Crippen LogP contribution < -0.4 is 5.32 Å². The van der Waals surface area contributed by atoms with E-state index in [0.717, 1.165) is 5.69 Å². The highest BCUT2D eigenvalue weighted by molar-refractivity contribution is 5.95.